The van der Waals surface area contributed by atoms with E-state index in [-0.39, 0.29) is 0 Å². The molecule has 1 aromatic rings. The molecule has 0 aromatic heterocycles. The molecule has 0 fully saturated rings. The van der Waals surface area contributed by atoms with Crippen LogP contribution >= 0.6 is 11.6 Å². The number of alkyl halides is 1. The summed E-state index contributed by atoms with van der Waals surface area (Å²) in [5, 5.41) is -0.726. The number of rotatable bonds is 3. The van der Waals surface area contributed by atoms with E-state index in [4.69, 9.17) is 17.3 Å². The second-order valence-electron chi connectivity index (χ2n) is 3.59. The minimum Gasteiger partial charge on any atom is -0.368 e. The molecule has 1 amide bonds. The highest BCUT2D eigenvalue weighted by Gasteiger charge is 2.13. The van der Waals surface area contributed by atoms with Gasteiger partial charge in [-0.3, -0.25) is 4.79 Å². The molecular weight excluding hydrogens is 198 g/mol. The minimum atomic E-state index is -0.726. The topological polar surface area (TPSA) is 43.1 Å². The Hall–Kier alpha value is -1.02. The van der Waals surface area contributed by atoms with Gasteiger partial charge in [0.05, 0.1) is 0 Å². The van der Waals surface area contributed by atoms with Crippen LogP contribution in [-0.4, -0.2) is 5.91 Å². The van der Waals surface area contributed by atoms with Crippen molar-refractivity contribution in [3.8, 4) is 0 Å². The number of amides is 1. The van der Waals surface area contributed by atoms with E-state index in [1.54, 1.807) is 0 Å². The predicted molar refractivity (Wildman–Crippen MR) is 58.3 cm³/mol. The van der Waals surface area contributed by atoms with Crippen LogP contribution in [0.1, 0.15) is 36.3 Å². The van der Waals surface area contributed by atoms with Gasteiger partial charge in [0, 0.05) is 0 Å². The third-order valence-corrected chi connectivity index (χ3v) is 2.61. The molecule has 0 heterocycles. The first-order valence-corrected chi connectivity index (χ1v) is 4.99. The van der Waals surface area contributed by atoms with Crippen LogP contribution in [0.25, 0.3) is 0 Å². The van der Waals surface area contributed by atoms with Gasteiger partial charge >= 0.3 is 0 Å². The summed E-state index contributed by atoms with van der Waals surface area (Å²) in [4.78, 5) is 10.8. The van der Waals surface area contributed by atoms with E-state index in [9.17, 15) is 4.79 Å². The van der Waals surface area contributed by atoms with Gasteiger partial charge in [-0.25, -0.2) is 0 Å². The third-order valence-electron chi connectivity index (χ3n) is 2.15. The molecule has 0 saturated carbocycles. The lowest BCUT2D eigenvalue weighted by atomic mass is 10.0. The Morgan fingerprint density at radius 2 is 1.64 bits per heavy atom. The smallest absolute Gasteiger partial charge is 0.240 e. The quantitative estimate of drug-likeness (QED) is 0.768. The van der Waals surface area contributed by atoms with Crippen LogP contribution in [0.2, 0.25) is 0 Å². The fourth-order valence-corrected chi connectivity index (χ4v) is 1.36. The Morgan fingerprint density at radius 3 is 2.00 bits per heavy atom. The maximum absolute atomic E-state index is 10.8. The van der Waals surface area contributed by atoms with Gasteiger partial charge in [-0.05, 0) is 17.0 Å². The van der Waals surface area contributed by atoms with Gasteiger partial charge in [-0.15, -0.1) is 11.6 Å². The van der Waals surface area contributed by atoms with Gasteiger partial charge in [0.1, 0.15) is 5.38 Å². The van der Waals surface area contributed by atoms with Crippen LogP contribution in [0, 0.1) is 0 Å². The van der Waals surface area contributed by atoms with Crippen molar-refractivity contribution >= 4 is 17.5 Å². The number of benzene rings is 1. The number of halogens is 1. The van der Waals surface area contributed by atoms with Crippen LogP contribution in [-0.2, 0) is 4.79 Å². The van der Waals surface area contributed by atoms with E-state index in [1.165, 1.54) is 5.56 Å². The zero-order chi connectivity index (χ0) is 10.7. The summed E-state index contributed by atoms with van der Waals surface area (Å²) in [5.74, 6) is -0.0321. The van der Waals surface area contributed by atoms with Crippen molar-refractivity contribution in [2.75, 3.05) is 0 Å². The number of carbonyl (C=O) groups excluding carboxylic acids is 1. The highest BCUT2D eigenvalue weighted by atomic mass is 35.5. The molecule has 0 aliphatic carbocycles. The highest BCUT2D eigenvalue weighted by molar-refractivity contribution is 6.30. The van der Waals surface area contributed by atoms with E-state index < -0.39 is 11.3 Å². The first-order valence-electron chi connectivity index (χ1n) is 4.55. The largest absolute Gasteiger partial charge is 0.368 e. The molecule has 0 bridgehead atoms. The molecule has 14 heavy (non-hydrogen) atoms. The Balaban J connectivity index is 2.88. The zero-order valence-corrected chi connectivity index (χ0v) is 9.08. The lowest BCUT2D eigenvalue weighted by Gasteiger charge is -2.08. The van der Waals surface area contributed by atoms with Crippen molar-refractivity contribution in [3.63, 3.8) is 0 Å². The fraction of sp³-hybridized carbons (Fsp3) is 0.364. The third kappa shape index (κ3) is 2.48. The summed E-state index contributed by atoms with van der Waals surface area (Å²) in [5.41, 5.74) is 7.07. The molecule has 0 saturated heterocycles. The van der Waals surface area contributed by atoms with Crippen molar-refractivity contribution < 1.29 is 4.79 Å². The summed E-state index contributed by atoms with van der Waals surface area (Å²) in [7, 11) is 0. The predicted octanol–water partition coefficient (Wildman–Crippen LogP) is 2.58. The van der Waals surface area contributed by atoms with E-state index in [2.05, 4.69) is 13.8 Å². The second kappa shape index (κ2) is 4.47. The molecule has 76 valence electrons. The number of hydrogen-bond donors (Lipinski definition) is 1. The molecule has 1 atom stereocenters. The standard InChI is InChI=1S/C11H14ClNO/c1-7(2)8-3-5-9(6-4-8)10(12)11(13)14/h3-7,10H,1-2H3,(H2,13,14). The Morgan fingerprint density at radius 1 is 1.21 bits per heavy atom. The van der Waals surface area contributed by atoms with Gasteiger partial charge in [0.25, 0.3) is 0 Å². The molecule has 1 unspecified atom stereocenters. The van der Waals surface area contributed by atoms with Crippen molar-refractivity contribution in [3.05, 3.63) is 35.4 Å². The second-order valence-corrected chi connectivity index (χ2v) is 4.02. The number of hydrogen-bond acceptors (Lipinski definition) is 1. The molecule has 2 nitrogen and oxygen atoms in total. The molecule has 2 N–H and O–H groups in total. The summed E-state index contributed by atoms with van der Waals surface area (Å²) >= 11 is 5.80. The molecule has 0 spiro atoms. The minimum absolute atomic E-state index is 0.478. The van der Waals surface area contributed by atoms with Gasteiger partial charge in [-0.1, -0.05) is 38.1 Å². The molecule has 0 aliphatic rings. The Kier molecular flexibility index (Phi) is 3.53. The molecule has 0 aliphatic heterocycles. The van der Waals surface area contributed by atoms with Gasteiger partial charge in [0.15, 0.2) is 0 Å². The average molecular weight is 212 g/mol. The van der Waals surface area contributed by atoms with Crippen molar-refractivity contribution in [1.82, 2.24) is 0 Å². The van der Waals surface area contributed by atoms with E-state index in [0.717, 1.165) is 5.56 Å². The summed E-state index contributed by atoms with van der Waals surface area (Å²) in [6.45, 7) is 4.22. The van der Waals surface area contributed by atoms with Gasteiger partial charge in [0.2, 0.25) is 5.91 Å². The van der Waals surface area contributed by atoms with Crippen molar-refractivity contribution in [1.29, 1.82) is 0 Å². The number of primary amides is 1. The number of nitrogens with two attached hydrogens (primary N) is 1. The van der Waals surface area contributed by atoms with Gasteiger partial charge < -0.3 is 5.73 Å². The fourth-order valence-electron chi connectivity index (χ4n) is 1.21. The first kappa shape index (κ1) is 11.1. The SMILES string of the molecule is CC(C)c1ccc(C(Cl)C(N)=O)cc1. The monoisotopic (exact) mass is 211 g/mol. The van der Waals surface area contributed by atoms with Gasteiger partial charge in [-0.2, -0.15) is 0 Å². The van der Waals surface area contributed by atoms with E-state index in [1.807, 2.05) is 24.3 Å². The molecule has 3 heteroatoms. The van der Waals surface area contributed by atoms with Crippen LogP contribution < -0.4 is 5.73 Å². The van der Waals surface area contributed by atoms with Crippen molar-refractivity contribution in [2.24, 2.45) is 5.73 Å². The molecule has 1 aromatic carbocycles. The lowest BCUT2D eigenvalue weighted by Crippen LogP contribution is -2.16. The molecular formula is C11H14ClNO. The lowest BCUT2D eigenvalue weighted by molar-refractivity contribution is -0.117. The van der Waals surface area contributed by atoms with Crippen LogP contribution in [0.5, 0.6) is 0 Å². The highest BCUT2D eigenvalue weighted by Crippen LogP contribution is 2.22. The Bertz CT molecular complexity index is 319. The van der Waals surface area contributed by atoms with Crippen LogP contribution in [0.15, 0.2) is 24.3 Å². The van der Waals surface area contributed by atoms with Crippen LogP contribution in [0.3, 0.4) is 0 Å². The maximum atomic E-state index is 10.8. The number of carbonyl (C=O) groups is 1. The first-order chi connectivity index (χ1) is 6.52. The zero-order valence-electron chi connectivity index (χ0n) is 8.33. The van der Waals surface area contributed by atoms with Crippen molar-refractivity contribution in [2.45, 2.75) is 25.1 Å². The van der Waals surface area contributed by atoms with Crippen LogP contribution in [0.4, 0.5) is 0 Å². The van der Waals surface area contributed by atoms with E-state index >= 15 is 0 Å². The molecule has 1 rings (SSSR count). The van der Waals surface area contributed by atoms with E-state index in [0.29, 0.717) is 5.92 Å². The maximum Gasteiger partial charge on any atom is 0.240 e. The average Bonchev–Trinajstić information content (AvgIpc) is 2.16. The summed E-state index contributed by atoms with van der Waals surface area (Å²) in [6, 6.07) is 7.63. The Labute approximate surface area is 89.1 Å². The molecule has 0 radical (unpaired) electrons. The normalized spacial score (nSPS) is 12.9. The summed E-state index contributed by atoms with van der Waals surface area (Å²) < 4.78 is 0. The summed E-state index contributed by atoms with van der Waals surface area (Å²) in [6.07, 6.45) is 0.